The molecule has 0 aliphatic carbocycles. The minimum atomic E-state index is -0.169. The van der Waals surface area contributed by atoms with E-state index < -0.39 is 0 Å². The van der Waals surface area contributed by atoms with Crippen molar-refractivity contribution in [1.82, 2.24) is 4.90 Å². The summed E-state index contributed by atoms with van der Waals surface area (Å²) in [7, 11) is 0. The fraction of sp³-hybridized carbons (Fsp3) is 0.300. The van der Waals surface area contributed by atoms with Gasteiger partial charge in [-0.2, -0.15) is 0 Å². The average Bonchev–Trinajstić information content (AvgIpc) is 2.67. The molecule has 4 nitrogen and oxygen atoms in total. The van der Waals surface area contributed by atoms with Gasteiger partial charge in [0.1, 0.15) is 0 Å². The van der Waals surface area contributed by atoms with Gasteiger partial charge in [0.15, 0.2) is 5.78 Å². The number of amides is 1. The summed E-state index contributed by atoms with van der Waals surface area (Å²) in [5.41, 5.74) is 7.12. The number of piperidine rings is 1. The number of likely N-dealkylation sites (tertiary alicyclic amines) is 1. The summed E-state index contributed by atoms with van der Waals surface area (Å²) < 4.78 is 0. The van der Waals surface area contributed by atoms with Crippen molar-refractivity contribution < 1.29 is 9.59 Å². The maximum Gasteiger partial charge on any atom is 0.254 e. The molecule has 0 aromatic heterocycles. The third kappa shape index (κ3) is 4.44. The fourth-order valence-corrected chi connectivity index (χ4v) is 3.29. The van der Waals surface area contributed by atoms with E-state index in [0.717, 1.165) is 12.8 Å². The van der Waals surface area contributed by atoms with Crippen molar-refractivity contribution >= 4 is 35.7 Å². The maximum atomic E-state index is 12.9. The molecule has 1 heterocycles. The Morgan fingerprint density at radius 2 is 1.58 bits per heavy atom. The standard InChI is InChI=1S/C20H21ClN2O2.ClH/c21-16-7-5-15(6-8-16)19(24)17-3-1-2-4-18(17)20(25)23-11-9-14(13-22)10-12-23;/h1-8,14H,9-13,22H2;1H. The molecule has 0 spiro atoms. The van der Waals surface area contributed by atoms with E-state index in [2.05, 4.69) is 0 Å². The number of carbonyl (C=O) groups excluding carboxylic acids is 2. The molecular formula is C20H22Cl2N2O2. The molecule has 0 saturated carbocycles. The van der Waals surface area contributed by atoms with Crippen molar-refractivity contribution in [2.75, 3.05) is 19.6 Å². The summed E-state index contributed by atoms with van der Waals surface area (Å²) >= 11 is 5.89. The molecular weight excluding hydrogens is 371 g/mol. The second-order valence-electron chi connectivity index (χ2n) is 6.35. The van der Waals surface area contributed by atoms with E-state index in [1.807, 2.05) is 4.90 Å². The average molecular weight is 393 g/mol. The van der Waals surface area contributed by atoms with Gasteiger partial charge in [-0.15, -0.1) is 12.4 Å². The van der Waals surface area contributed by atoms with Crippen LogP contribution in [0.5, 0.6) is 0 Å². The third-order valence-corrected chi connectivity index (χ3v) is 5.00. The Balaban J connectivity index is 0.00000243. The zero-order valence-corrected chi connectivity index (χ0v) is 15.9. The number of nitrogens with two attached hydrogens (primary N) is 1. The SMILES string of the molecule is Cl.NCC1CCN(C(=O)c2ccccc2C(=O)c2ccc(Cl)cc2)CC1. The third-order valence-electron chi connectivity index (χ3n) is 4.74. The van der Waals surface area contributed by atoms with Gasteiger partial charge < -0.3 is 10.6 Å². The van der Waals surface area contributed by atoms with Crippen LogP contribution >= 0.6 is 24.0 Å². The van der Waals surface area contributed by atoms with Crippen LogP contribution in [0.25, 0.3) is 0 Å². The van der Waals surface area contributed by atoms with Crippen LogP contribution in [0.3, 0.4) is 0 Å². The van der Waals surface area contributed by atoms with Crippen molar-refractivity contribution in [3.8, 4) is 0 Å². The number of carbonyl (C=O) groups is 2. The molecule has 1 aliphatic rings. The van der Waals surface area contributed by atoms with E-state index in [4.69, 9.17) is 17.3 Å². The summed E-state index contributed by atoms with van der Waals surface area (Å²) in [6, 6.07) is 13.7. The Bertz CT molecular complexity index is 770. The largest absolute Gasteiger partial charge is 0.339 e. The highest BCUT2D eigenvalue weighted by atomic mass is 35.5. The summed E-state index contributed by atoms with van der Waals surface area (Å²) in [5, 5.41) is 0.573. The topological polar surface area (TPSA) is 63.4 Å². The second kappa shape index (κ2) is 9.17. The van der Waals surface area contributed by atoms with E-state index in [1.54, 1.807) is 48.5 Å². The molecule has 2 aromatic rings. The van der Waals surface area contributed by atoms with Gasteiger partial charge in [0.05, 0.1) is 5.56 Å². The van der Waals surface area contributed by atoms with E-state index in [1.165, 1.54) is 0 Å². The van der Waals surface area contributed by atoms with Gasteiger partial charge in [-0.1, -0.05) is 29.8 Å². The van der Waals surface area contributed by atoms with Crippen LogP contribution in [-0.4, -0.2) is 36.2 Å². The smallest absolute Gasteiger partial charge is 0.254 e. The van der Waals surface area contributed by atoms with E-state index >= 15 is 0 Å². The highest BCUT2D eigenvalue weighted by Crippen LogP contribution is 2.22. The monoisotopic (exact) mass is 392 g/mol. The molecule has 138 valence electrons. The Labute approximate surface area is 164 Å². The van der Waals surface area contributed by atoms with Gasteiger partial charge in [-0.25, -0.2) is 0 Å². The summed E-state index contributed by atoms with van der Waals surface area (Å²) in [4.78, 5) is 27.6. The van der Waals surface area contributed by atoms with Crippen molar-refractivity contribution in [1.29, 1.82) is 0 Å². The normalized spacial score (nSPS) is 14.6. The van der Waals surface area contributed by atoms with Crippen molar-refractivity contribution in [2.24, 2.45) is 11.7 Å². The van der Waals surface area contributed by atoms with Gasteiger partial charge in [0.2, 0.25) is 0 Å². The molecule has 2 aromatic carbocycles. The van der Waals surface area contributed by atoms with Crippen LogP contribution in [0.15, 0.2) is 48.5 Å². The van der Waals surface area contributed by atoms with E-state index in [9.17, 15) is 9.59 Å². The molecule has 6 heteroatoms. The van der Waals surface area contributed by atoms with Crippen molar-refractivity contribution in [3.05, 3.63) is 70.2 Å². The minimum absolute atomic E-state index is 0. The number of hydrogen-bond acceptors (Lipinski definition) is 3. The molecule has 2 N–H and O–H groups in total. The zero-order chi connectivity index (χ0) is 17.8. The van der Waals surface area contributed by atoms with E-state index in [0.29, 0.717) is 47.3 Å². The van der Waals surface area contributed by atoms with Gasteiger partial charge >= 0.3 is 0 Å². The van der Waals surface area contributed by atoms with Crippen LogP contribution in [0.2, 0.25) is 5.02 Å². The first-order chi connectivity index (χ1) is 12.1. The van der Waals surface area contributed by atoms with Gasteiger partial charge in [-0.3, -0.25) is 9.59 Å². The van der Waals surface area contributed by atoms with Gasteiger partial charge in [0.25, 0.3) is 5.91 Å². The van der Waals surface area contributed by atoms with Crippen LogP contribution < -0.4 is 5.73 Å². The number of ketones is 1. The zero-order valence-electron chi connectivity index (χ0n) is 14.4. The van der Waals surface area contributed by atoms with E-state index in [-0.39, 0.29) is 24.1 Å². The molecule has 26 heavy (non-hydrogen) atoms. The summed E-state index contributed by atoms with van der Waals surface area (Å²) in [6.45, 7) is 2.03. The van der Waals surface area contributed by atoms with Crippen LogP contribution in [0.1, 0.15) is 39.1 Å². The highest BCUT2D eigenvalue weighted by Gasteiger charge is 2.26. The number of halogens is 2. The maximum absolute atomic E-state index is 12.9. The lowest BCUT2D eigenvalue weighted by atomic mass is 9.94. The predicted octanol–water partition coefficient (Wildman–Crippen LogP) is 3.80. The molecule has 0 unspecified atom stereocenters. The second-order valence-corrected chi connectivity index (χ2v) is 6.79. The van der Waals surface area contributed by atoms with Crippen LogP contribution in [0, 0.1) is 5.92 Å². The van der Waals surface area contributed by atoms with Gasteiger partial charge in [0, 0.05) is 29.2 Å². The van der Waals surface area contributed by atoms with Crippen LogP contribution in [-0.2, 0) is 0 Å². The van der Waals surface area contributed by atoms with Gasteiger partial charge in [-0.05, 0) is 55.6 Å². The molecule has 1 saturated heterocycles. The fourth-order valence-electron chi connectivity index (χ4n) is 3.17. The Morgan fingerprint density at radius 1 is 1.00 bits per heavy atom. The summed E-state index contributed by atoms with van der Waals surface area (Å²) in [5.74, 6) is 0.223. The summed E-state index contributed by atoms with van der Waals surface area (Å²) in [6.07, 6.45) is 1.82. The first-order valence-corrected chi connectivity index (χ1v) is 8.86. The molecule has 3 rings (SSSR count). The van der Waals surface area contributed by atoms with Crippen molar-refractivity contribution in [3.63, 3.8) is 0 Å². The number of rotatable bonds is 4. The quantitative estimate of drug-likeness (QED) is 0.804. The molecule has 0 atom stereocenters. The molecule has 1 fully saturated rings. The number of hydrogen-bond donors (Lipinski definition) is 1. The number of benzene rings is 2. The Kier molecular flexibility index (Phi) is 7.21. The first kappa shape index (κ1) is 20.4. The lowest BCUT2D eigenvalue weighted by Gasteiger charge is -2.31. The minimum Gasteiger partial charge on any atom is -0.339 e. The Morgan fingerprint density at radius 3 is 2.15 bits per heavy atom. The number of nitrogens with zero attached hydrogens (tertiary/aromatic N) is 1. The molecule has 0 radical (unpaired) electrons. The molecule has 1 amide bonds. The van der Waals surface area contributed by atoms with Crippen molar-refractivity contribution in [2.45, 2.75) is 12.8 Å². The molecule has 0 bridgehead atoms. The lowest BCUT2D eigenvalue weighted by Crippen LogP contribution is -2.40. The molecule has 1 aliphatic heterocycles. The predicted molar refractivity (Wildman–Crippen MR) is 106 cm³/mol. The first-order valence-electron chi connectivity index (χ1n) is 8.49. The lowest BCUT2D eigenvalue weighted by molar-refractivity contribution is 0.0690. The Hall–Kier alpha value is -1.88. The highest BCUT2D eigenvalue weighted by molar-refractivity contribution is 6.30. The van der Waals surface area contributed by atoms with Crippen LogP contribution in [0.4, 0.5) is 0 Å².